The SMILES string of the molecule is Cc1cc2nc(C)c(CCC(=O)N3CCCc4ccc(F)cc43)c(C)n2n1. The standard InChI is InChI=1S/C21H23FN4O/c1-13-11-20-23-14(2)18(15(3)26(20)24-13)8-9-21(27)25-10-4-5-16-6-7-17(22)12-19(16)25/h6-7,11-12H,4-5,8-10H2,1-3H3. The molecule has 4 rings (SSSR count). The number of carbonyl (C=O) groups is 1. The molecule has 1 aromatic carbocycles. The van der Waals surface area contributed by atoms with Crippen LogP contribution in [0, 0.1) is 26.6 Å². The molecule has 1 amide bonds. The number of benzene rings is 1. The molecule has 0 N–H and O–H groups in total. The van der Waals surface area contributed by atoms with E-state index in [0.29, 0.717) is 19.4 Å². The number of fused-ring (bicyclic) bond motifs is 2. The van der Waals surface area contributed by atoms with E-state index < -0.39 is 0 Å². The molecule has 1 aliphatic rings. The van der Waals surface area contributed by atoms with Crippen LogP contribution in [0.2, 0.25) is 0 Å². The Hall–Kier alpha value is -2.76. The summed E-state index contributed by atoms with van der Waals surface area (Å²) in [4.78, 5) is 19.3. The zero-order valence-electron chi connectivity index (χ0n) is 15.9. The second-order valence-corrected chi connectivity index (χ2v) is 7.24. The van der Waals surface area contributed by atoms with E-state index in [2.05, 4.69) is 10.1 Å². The summed E-state index contributed by atoms with van der Waals surface area (Å²) in [5, 5.41) is 4.49. The Bertz CT molecular complexity index is 1040. The van der Waals surface area contributed by atoms with E-state index in [9.17, 15) is 9.18 Å². The Morgan fingerprint density at radius 3 is 2.85 bits per heavy atom. The highest BCUT2D eigenvalue weighted by Gasteiger charge is 2.23. The lowest BCUT2D eigenvalue weighted by Crippen LogP contribution is -2.35. The Kier molecular flexibility index (Phi) is 4.42. The van der Waals surface area contributed by atoms with Gasteiger partial charge in [-0.2, -0.15) is 5.10 Å². The quantitative estimate of drug-likeness (QED) is 0.710. The van der Waals surface area contributed by atoms with E-state index in [4.69, 9.17) is 0 Å². The molecule has 1 aliphatic heterocycles. The molecule has 0 aliphatic carbocycles. The average Bonchev–Trinajstić information content (AvgIpc) is 3.01. The fourth-order valence-electron chi connectivity index (χ4n) is 3.98. The van der Waals surface area contributed by atoms with Gasteiger partial charge >= 0.3 is 0 Å². The molecule has 0 bridgehead atoms. The maximum Gasteiger partial charge on any atom is 0.227 e. The number of aromatic nitrogens is 3. The first-order valence-electron chi connectivity index (χ1n) is 9.35. The summed E-state index contributed by atoms with van der Waals surface area (Å²) in [6.45, 7) is 6.57. The fraction of sp³-hybridized carbons (Fsp3) is 0.381. The molecule has 3 heterocycles. The molecule has 0 saturated heterocycles. The average molecular weight is 366 g/mol. The van der Waals surface area contributed by atoms with Crippen LogP contribution in [-0.2, 0) is 17.6 Å². The molecular formula is C21H23FN4O. The molecule has 3 aromatic rings. The highest BCUT2D eigenvalue weighted by Crippen LogP contribution is 2.29. The first-order valence-corrected chi connectivity index (χ1v) is 9.35. The van der Waals surface area contributed by atoms with Gasteiger partial charge in [-0.3, -0.25) is 4.79 Å². The number of carbonyl (C=O) groups excluding carboxylic acids is 1. The van der Waals surface area contributed by atoms with Gasteiger partial charge in [0, 0.05) is 36.1 Å². The molecule has 0 fully saturated rings. The number of hydrogen-bond acceptors (Lipinski definition) is 3. The van der Waals surface area contributed by atoms with E-state index in [0.717, 1.165) is 52.4 Å². The van der Waals surface area contributed by atoms with Crippen molar-refractivity contribution in [2.75, 3.05) is 11.4 Å². The largest absolute Gasteiger partial charge is 0.312 e. The summed E-state index contributed by atoms with van der Waals surface area (Å²) < 4.78 is 15.5. The van der Waals surface area contributed by atoms with Crippen LogP contribution in [0.3, 0.4) is 0 Å². The van der Waals surface area contributed by atoms with Gasteiger partial charge in [-0.05, 0) is 63.3 Å². The molecule has 0 radical (unpaired) electrons. The van der Waals surface area contributed by atoms with Gasteiger partial charge in [0.15, 0.2) is 5.65 Å². The first kappa shape index (κ1) is 17.6. The molecule has 140 valence electrons. The van der Waals surface area contributed by atoms with Gasteiger partial charge in [0.25, 0.3) is 0 Å². The van der Waals surface area contributed by atoms with Crippen molar-refractivity contribution in [3.63, 3.8) is 0 Å². The number of hydrogen-bond donors (Lipinski definition) is 0. The van der Waals surface area contributed by atoms with E-state index in [1.807, 2.05) is 31.4 Å². The third-order valence-electron chi connectivity index (χ3n) is 5.34. The van der Waals surface area contributed by atoms with E-state index in [1.54, 1.807) is 11.0 Å². The third kappa shape index (κ3) is 3.20. The summed E-state index contributed by atoms with van der Waals surface area (Å²) in [6.07, 6.45) is 2.75. The third-order valence-corrected chi connectivity index (χ3v) is 5.34. The van der Waals surface area contributed by atoms with Crippen LogP contribution in [0.5, 0.6) is 0 Å². The van der Waals surface area contributed by atoms with Crippen LogP contribution < -0.4 is 4.90 Å². The summed E-state index contributed by atoms with van der Waals surface area (Å²) in [5.74, 6) is -0.277. The van der Waals surface area contributed by atoms with Gasteiger partial charge < -0.3 is 4.90 Å². The predicted octanol–water partition coefficient (Wildman–Crippen LogP) is 3.71. The van der Waals surface area contributed by atoms with Crippen molar-refractivity contribution >= 4 is 17.2 Å². The van der Waals surface area contributed by atoms with Gasteiger partial charge in [-0.15, -0.1) is 0 Å². The van der Waals surface area contributed by atoms with Crippen LogP contribution in [0.25, 0.3) is 5.65 Å². The van der Waals surface area contributed by atoms with Crippen molar-refractivity contribution in [3.8, 4) is 0 Å². The lowest BCUT2D eigenvalue weighted by atomic mass is 10.00. The van der Waals surface area contributed by atoms with Crippen LogP contribution in [0.15, 0.2) is 24.3 Å². The van der Waals surface area contributed by atoms with Gasteiger partial charge in [0.05, 0.1) is 5.69 Å². The van der Waals surface area contributed by atoms with E-state index >= 15 is 0 Å². The highest BCUT2D eigenvalue weighted by molar-refractivity contribution is 5.94. The van der Waals surface area contributed by atoms with Crippen molar-refractivity contribution < 1.29 is 9.18 Å². The minimum atomic E-state index is -0.302. The fourth-order valence-corrected chi connectivity index (χ4v) is 3.98. The van der Waals surface area contributed by atoms with E-state index in [-0.39, 0.29) is 11.7 Å². The summed E-state index contributed by atoms with van der Waals surface area (Å²) in [7, 11) is 0. The lowest BCUT2D eigenvalue weighted by Gasteiger charge is -2.29. The number of rotatable bonds is 3. The van der Waals surface area contributed by atoms with Crippen molar-refractivity contribution in [2.24, 2.45) is 0 Å². The second kappa shape index (κ2) is 6.76. The number of nitrogens with zero attached hydrogens (tertiary/aromatic N) is 4. The van der Waals surface area contributed by atoms with E-state index in [1.165, 1.54) is 12.1 Å². The topological polar surface area (TPSA) is 50.5 Å². The van der Waals surface area contributed by atoms with Gasteiger partial charge in [0.1, 0.15) is 5.82 Å². The zero-order chi connectivity index (χ0) is 19.1. The minimum Gasteiger partial charge on any atom is -0.312 e. The van der Waals surface area contributed by atoms with Crippen molar-refractivity contribution in [1.29, 1.82) is 0 Å². The second-order valence-electron chi connectivity index (χ2n) is 7.24. The molecule has 0 spiro atoms. The molecule has 0 unspecified atom stereocenters. The molecule has 0 atom stereocenters. The maximum atomic E-state index is 13.7. The first-order chi connectivity index (χ1) is 12.9. The summed E-state index contributed by atoms with van der Waals surface area (Å²) in [6, 6.07) is 6.68. The van der Waals surface area contributed by atoms with Crippen molar-refractivity contribution in [2.45, 2.75) is 46.5 Å². The number of amides is 1. The van der Waals surface area contributed by atoms with Crippen LogP contribution in [0.4, 0.5) is 10.1 Å². The minimum absolute atomic E-state index is 0.0251. The van der Waals surface area contributed by atoms with Gasteiger partial charge in [-0.1, -0.05) is 6.07 Å². The molecule has 5 nitrogen and oxygen atoms in total. The van der Waals surface area contributed by atoms with Gasteiger partial charge in [0.2, 0.25) is 5.91 Å². The van der Waals surface area contributed by atoms with Crippen molar-refractivity contribution in [1.82, 2.24) is 14.6 Å². The Labute approximate surface area is 157 Å². The lowest BCUT2D eigenvalue weighted by molar-refractivity contribution is -0.118. The molecule has 27 heavy (non-hydrogen) atoms. The Morgan fingerprint density at radius 2 is 2.04 bits per heavy atom. The predicted molar refractivity (Wildman–Crippen MR) is 103 cm³/mol. The number of halogens is 1. The number of anilines is 1. The van der Waals surface area contributed by atoms with Crippen LogP contribution >= 0.6 is 0 Å². The monoisotopic (exact) mass is 366 g/mol. The zero-order valence-corrected chi connectivity index (χ0v) is 15.9. The number of aryl methyl sites for hydroxylation is 4. The highest BCUT2D eigenvalue weighted by atomic mass is 19.1. The van der Waals surface area contributed by atoms with Crippen LogP contribution in [0.1, 0.15) is 41.1 Å². The Balaban J connectivity index is 1.57. The normalized spacial score (nSPS) is 13.9. The molecule has 2 aromatic heterocycles. The smallest absolute Gasteiger partial charge is 0.227 e. The summed E-state index contributed by atoms with van der Waals surface area (Å²) >= 11 is 0. The maximum absolute atomic E-state index is 13.7. The van der Waals surface area contributed by atoms with Crippen molar-refractivity contribution in [3.05, 3.63) is 58.3 Å². The molecular weight excluding hydrogens is 343 g/mol. The Morgan fingerprint density at radius 1 is 1.22 bits per heavy atom. The van der Waals surface area contributed by atoms with Gasteiger partial charge in [-0.25, -0.2) is 13.9 Å². The van der Waals surface area contributed by atoms with Crippen LogP contribution in [-0.4, -0.2) is 27.0 Å². The summed E-state index contributed by atoms with van der Waals surface area (Å²) in [5.41, 5.74) is 6.51. The molecule has 6 heteroatoms. The molecule has 0 saturated carbocycles.